The lowest BCUT2D eigenvalue weighted by atomic mass is 9.79. The van der Waals surface area contributed by atoms with Gasteiger partial charge in [-0.15, -0.1) is 0 Å². The third-order valence-corrected chi connectivity index (χ3v) is 3.87. The summed E-state index contributed by atoms with van der Waals surface area (Å²) in [4.78, 5) is 12.0. The molecule has 2 rings (SSSR count). The van der Waals surface area contributed by atoms with Crippen LogP contribution in [0.5, 0.6) is 0 Å². The Morgan fingerprint density at radius 2 is 2.12 bits per heavy atom. The molecule has 2 fully saturated rings. The molecule has 0 aromatic carbocycles. The highest BCUT2D eigenvalue weighted by molar-refractivity contribution is 5.73. The molecule has 0 aromatic rings. The van der Waals surface area contributed by atoms with E-state index in [0.29, 0.717) is 18.6 Å². The Morgan fingerprint density at radius 3 is 2.82 bits per heavy atom. The third kappa shape index (κ3) is 3.19. The Bertz CT molecular complexity index is 251. The molecule has 2 atom stereocenters. The topological polar surface area (TPSA) is 47.6 Å². The molecule has 2 heterocycles. The first-order chi connectivity index (χ1) is 8.33. The van der Waals surface area contributed by atoms with Crippen LogP contribution in [0.15, 0.2) is 0 Å². The van der Waals surface area contributed by atoms with Crippen molar-refractivity contribution in [2.45, 2.75) is 38.6 Å². The van der Waals surface area contributed by atoms with E-state index in [1.807, 2.05) is 6.92 Å². The molecule has 2 aliphatic heterocycles. The lowest BCUT2D eigenvalue weighted by Gasteiger charge is -2.38. The number of ether oxygens (including phenoxy) is 2. The van der Waals surface area contributed by atoms with Crippen molar-refractivity contribution in [3.63, 3.8) is 0 Å². The van der Waals surface area contributed by atoms with E-state index in [2.05, 4.69) is 5.32 Å². The molecule has 2 unspecified atom stereocenters. The molecule has 0 aliphatic carbocycles. The molecule has 0 radical (unpaired) electrons. The van der Waals surface area contributed by atoms with E-state index in [1.54, 1.807) is 0 Å². The summed E-state index contributed by atoms with van der Waals surface area (Å²) in [5.74, 6) is 0.599. The summed E-state index contributed by atoms with van der Waals surface area (Å²) >= 11 is 0. The van der Waals surface area contributed by atoms with Crippen molar-refractivity contribution in [3.05, 3.63) is 0 Å². The minimum atomic E-state index is -0.0174. The first kappa shape index (κ1) is 12.8. The van der Waals surface area contributed by atoms with E-state index in [1.165, 1.54) is 0 Å². The van der Waals surface area contributed by atoms with Gasteiger partial charge in [-0.25, -0.2) is 0 Å². The van der Waals surface area contributed by atoms with E-state index in [0.717, 1.165) is 45.4 Å². The second-order valence-corrected chi connectivity index (χ2v) is 4.93. The summed E-state index contributed by atoms with van der Waals surface area (Å²) in [7, 11) is 0. The van der Waals surface area contributed by atoms with Crippen LogP contribution in [0.1, 0.15) is 32.6 Å². The largest absolute Gasteiger partial charge is 0.466 e. The number of rotatable bonds is 3. The molecule has 2 aliphatic rings. The van der Waals surface area contributed by atoms with Gasteiger partial charge in [0.2, 0.25) is 0 Å². The second kappa shape index (κ2) is 6.36. The number of carbonyl (C=O) groups excluding carboxylic acids is 1. The summed E-state index contributed by atoms with van der Waals surface area (Å²) in [5.41, 5.74) is 0. The van der Waals surface area contributed by atoms with Crippen LogP contribution < -0.4 is 5.32 Å². The second-order valence-electron chi connectivity index (χ2n) is 4.93. The number of carbonyl (C=O) groups is 1. The smallest absolute Gasteiger partial charge is 0.310 e. The maximum Gasteiger partial charge on any atom is 0.310 e. The van der Waals surface area contributed by atoms with Crippen molar-refractivity contribution in [1.82, 2.24) is 5.32 Å². The van der Waals surface area contributed by atoms with Gasteiger partial charge in [-0.3, -0.25) is 4.79 Å². The predicted molar refractivity (Wildman–Crippen MR) is 64.7 cm³/mol. The lowest BCUT2D eigenvalue weighted by molar-refractivity contribution is -0.151. The van der Waals surface area contributed by atoms with Crippen LogP contribution in [0.25, 0.3) is 0 Å². The Kier molecular flexibility index (Phi) is 4.80. The van der Waals surface area contributed by atoms with Gasteiger partial charge in [-0.2, -0.15) is 0 Å². The summed E-state index contributed by atoms with van der Waals surface area (Å²) in [6.45, 7) is 5.04. The van der Waals surface area contributed by atoms with Gasteiger partial charge in [0.15, 0.2) is 0 Å². The SMILES string of the molecule is CCOC(=O)C1CCCNC1C1CCOCC1. The fourth-order valence-electron chi connectivity index (χ4n) is 3.00. The highest BCUT2D eigenvalue weighted by Crippen LogP contribution is 2.29. The van der Waals surface area contributed by atoms with Crippen molar-refractivity contribution in [3.8, 4) is 0 Å². The van der Waals surface area contributed by atoms with Gasteiger partial charge in [-0.05, 0) is 45.1 Å². The minimum Gasteiger partial charge on any atom is -0.466 e. The Labute approximate surface area is 103 Å². The highest BCUT2D eigenvalue weighted by atomic mass is 16.5. The van der Waals surface area contributed by atoms with E-state index >= 15 is 0 Å². The number of hydrogen-bond donors (Lipinski definition) is 1. The summed E-state index contributed by atoms with van der Waals surface area (Å²) < 4.78 is 10.6. The van der Waals surface area contributed by atoms with Crippen LogP contribution in [-0.4, -0.2) is 38.4 Å². The maximum absolute atomic E-state index is 12.0. The minimum absolute atomic E-state index is 0.0174. The standard InChI is InChI=1S/C13H23NO3/c1-2-17-13(15)11-4-3-7-14-12(11)10-5-8-16-9-6-10/h10-12,14H,2-9H2,1H3. The molecule has 0 bridgehead atoms. The average Bonchev–Trinajstić information content (AvgIpc) is 2.40. The molecule has 0 aromatic heterocycles. The van der Waals surface area contributed by atoms with Crippen molar-refractivity contribution in [1.29, 1.82) is 0 Å². The first-order valence-corrected chi connectivity index (χ1v) is 6.80. The van der Waals surface area contributed by atoms with Crippen molar-refractivity contribution in [2.75, 3.05) is 26.4 Å². The molecule has 4 nitrogen and oxygen atoms in total. The van der Waals surface area contributed by atoms with Gasteiger partial charge in [0.05, 0.1) is 12.5 Å². The molecule has 2 saturated heterocycles. The van der Waals surface area contributed by atoms with E-state index in [-0.39, 0.29) is 11.9 Å². The van der Waals surface area contributed by atoms with Gasteiger partial charge in [0.1, 0.15) is 0 Å². The number of nitrogens with one attached hydrogen (secondary N) is 1. The Morgan fingerprint density at radius 1 is 1.35 bits per heavy atom. The molecule has 98 valence electrons. The Hall–Kier alpha value is -0.610. The van der Waals surface area contributed by atoms with Crippen molar-refractivity contribution >= 4 is 5.97 Å². The van der Waals surface area contributed by atoms with Crippen LogP contribution in [0.3, 0.4) is 0 Å². The van der Waals surface area contributed by atoms with E-state index in [4.69, 9.17) is 9.47 Å². The molecule has 4 heteroatoms. The number of hydrogen-bond acceptors (Lipinski definition) is 4. The Balaban J connectivity index is 1.97. The average molecular weight is 241 g/mol. The van der Waals surface area contributed by atoms with Crippen LogP contribution in [0, 0.1) is 11.8 Å². The number of esters is 1. The summed E-state index contributed by atoms with van der Waals surface area (Å²) in [5, 5.41) is 3.52. The van der Waals surface area contributed by atoms with Gasteiger partial charge in [-0.1, -0.05) is 0 Å². The molecular weight excluding hydrogens is 218 g/mol. The zero-order chi connectivity index (χ0) is 12.1. The van der Waals surface area contributed by atoms with Crippen molar-refractivity contribution < 1.29 is 14.3 Å². The zero-order valence-electron chi connectivity index (χ0n) is 10.6. The molecule has 0 spiro atoms. The predicted octanol–water partition coefficient (Wildman–Crippen LogP) is 1.34. The maximum atomic E-state index is 12.0. The first-order valence-electron chi connectivity index (χ1n) is 6.80. The molecule has 0 amide bonds. The zero-order valence-corrected chi connectivity index (χ0v) is 10.6. The van der Waals surface area contributed by atoms with Crippen LogP contribution in [-0.2, 0) is 14.3 Å². The molecule has 0 saturated carbocycles. The van der Waals surface area contributed by atoms with Crippen LogP contribution in [0.4, 0.5) is 0 Å². The monoisotopic (exact) mass is 241 g/mol. The van der Waals surface area contributed by atoms with E-state index < -0.39 is 0 Å². The van der Waals surface area contributed by atoms with Gasteiger partial charge in [0, 0.05) is 19.3 Å². The fraction of sp³-hybridized carbons (Fsp3) is 0.923. The van der Waals surface area contributed by atoms with Gasteiger partial charge < -0.3 is 14.8 Å². The van der Waals surface area contributed by atoms with Crippen LogP contribution >= 0.6 is 0 Å². The van der Waals surface area contributed by atoms with Crippen LogP contribution in [0.2, 0.25) is 0 Å². The molecule has 1 N–H and O–H groups in total. The fourth-order valence-corrected chi connectivity index (χ4v) is 3.00. The third-order valence-electron chi connectivity index (χ3n) is 3.87. The van der Waals surface area contributed by atoms with Crippen molar-refractivity contribution in [2.24, 2.45) is 11.8 Å². The summed E-state index contributed by atoms with van der Waals surface area (Å²) in [6.07, 6.45) is 4.16. The van der Waals surface area contributed by atoms with Gasteiger partial charge >= 0.3 is 5.97 Å². The number of piperidine rings is 1. The normalized spacial score (nSPS) is 31.1. The van der Waals surface area contributed by atoms with Gasteiger partial charge in [0.25, 0.3) is 0 Å². The van der Waals surface area contributed by atoms with E-state index in [9.17, 15) is 4.79 Å². The lowest BCUT2D eigenvalue weighted by Crippen LogP contribution is -2.50. The summed E-state index contributed by atoms with van der Waals surface area (Å²) in [6, 6.07) is 0.298. The quantitative estimate of drug-likeness (QED) is 0.758. The molecular formula is C13H23NO3. The molecule has 17 heavy (non-hydrogen) atoms. The highest BCUT2D eigenvalue weighted by Gasteiger charge is 2.37.